The summed E-state index contributed by atoms with van der Waals surface area (Å²) in [4.78, 5) is 12.2. The smallest absolute Gasteiger partial charge is 0.358 e. The van der Waals surface area contributed by atoms with Crippen LogP contribution < -0.4 is 0 Å². The molecule has 1 aromatic carbocycles. The zero-order chi connectivity index (χ0) is 18.1. The van der Waals surface area contributed by atoms with E-state index in [1.807, 2.05) is 0 Å². The predicted octanol–water partition coefficient (Wildman–Crippen LogP) is 5.81. The summed E-state index contributed by atoms with van der Waals surface area (Å²) in [5.41, 5.74) is -0.445. The molecule has 1 saturated carbocycles. The molecule has 0 amide bonds. The van der Waals surface area contributed by atoms with Crippen LogP contribution in [0.1, 0.15) is 32.2 Å². The maximum atomic E-state index is 14.0. The van der Waals surface area contributed by atoms with Crippen LogP contribution in [-0.4, -0.2) is 11.4 Å². The highest BCUT2D eigenvalue weighted by Crippen LogP contribution is 2.54. The van der Waals surface area contributed by atoms with Gasteiger partial charge in [-0.05, 0) is 29.4 Å². The Morgan fingerprint density at radius 1 is 1.38 bits per heavy atom. The number of halogens is 5. The van der Waals surface area contributed by atoms with Gasteiger partial charge >= 0.3 is 11.4 Å². The van der Waals surface area contributed by atoms with Gasteiger partial charge in [0.25, 0.3) is 6.36 Å². The van der Waals surface area contributed by atoms with Gasteiger partial charge in [-0.15, -0.1) is 0 Å². The van der Waals surface area contributed by atoms with Crippen LogP contribution in [0.25, 0.3) is 0 Å². The highest BCUT2D eigenvalue weighted by molar-refractivity contribution is 6.38. The average Bonchev–Trinajstić information content (AvgIpc) is 2.50. The fraction of sp³-hybridized carbons (Fsp3) is 0.471. The summed E-state index contributed by atoms with van der Waals surface area (Å²) in [5, 5.41) is -4.41. The second-order valence-electron chi connectivity index (χ2n) is 6.39. The van der Waals surface area contributed by atoms with Crippen LogP contribution in [0.2, 0.25) is 0 Å². The van der Waals surface area contributed by atoms with Gasteiger partial charge in [0.2, 0.25) is 0 Å². The second kappa shape index (κ2) is 6.96. The zero-order valence-electron chi connectivity index (χ0n) is 13.1. The van der Waals surface area contributed by atoms with Crippen LogP contribution in [0.3, 0.4) is 0 Å². The minimum atomic E-state index is -3.64. The molecule has 7 heteroatoms. The standard InChI is InChI=1S/C17H17Cl2F3O2/c1-16(2)11(9-13(18)17(19,21)22)8-12(16)15(23)24-14(20)10-6-4-3-5-7-10/h3-7,9,11-12,14H,8H2,1-2H3. The van der Waals surface area contributed by atoms with Gasteiger partial charge in [-0.1, -0.05) is 61.9 Å². The van der Waals surface area contributed by atoms with Crippen LogP contribution in [0.15, 0.2) is 41.4 Å². The van der Waals surface area contributed by atoms with Gasteiger partial charge in [0.05, 0.1) is 11.0 Å². The Morgan fingerprint density at radius 2 is 1.96 bits per heavy atom. The second-order valence-corrected chi connectivity index (χ2v) is 7.27. The molecule has 1 aromatic rings. The van der Waals surface area contributed by atoms with E-state index in [-0.39, 0.29) is 17.9 Å². The SMILES string of the molecule is CC1(C)C(C=C(Cl)C(F)(F)Cl)CC1C(=O)OC(F)c1ccccc1. The lowest BCUT2D eigenvalue weighted by Gasteiger charge is -2.49. The summed E-state index contributed by atoms with van der Waals surface area (Å²) < 4.78 is 44.7. The molecule has 132 valence electrons. The third-order valence-corrected chi connectivity index (χ3v) is 5.19. The third-order valence-electron chi connectivity index (χ3n) is 4.53. The Morgan fingerprint density at radius 3 is 2.46 bits per heavy atom. The van der Waals surface area contributed by atoms with Crippen molar-refractivity contribution in [3.05, 3.63) is 47.0 Å². The number of carbonyl (C=O) groups is 1. The van der Waals surface area contributed by atoms with Gasteiger partial charge in [-0.3, -0.25) is 4.79 Å². The Balaban J connectivity index is 2.01. The third kappa shape index (κ3) is 4.06. The fourth-order valence-electron chi connectivity index (χ4n) is 2.77. The predicted molar refractivity (Wildman–Crippen MR) is 86.5 cm³/mol. The topological polar surface area (TPSA) is 26.3 Å². The summed E-state index contributed by atoms with van der Waals surface area (Å²) >= 11 is 10.3. The number of ether oxygens (including phenoxy) is 1. The maximum Gasteiger partial charge on any atom is 0.358 e. The molecule has 1 aliphatic carbocycles. The molecule has 0 N–H and O–H groups in total. The van der Waals surface area contributed by atoms with Crippen molar-refractivity contribution in [2.75, 3.05) is 0 Å². The molecular weight excluding hydrogens is 364 g/mol. The largest absolute Gasteiger partial charge is 0.426 e. The van der Waals surface area contributed by atoms with Gasteiger partial charge in [-0.2, -0.15) is 13.2 Å². The summed E-state index contributed by atoms with van der Waals surface area (Å²) in [6.45, 7) is 3.44. The molecule has 0 bridgehead atoms. The lowest BCUT2D eigenvalue weighted by atomic mass is 9.54. The molecule has 3 unspecified atom stereocenters. The van der Waals surface area contributed by atoms with E-state index in [2.05, 4.69) is 0 Å². The van der Waals surface area contributed by atoms with Crippen molar-refractivity contribution >= 4 is 29.2 Å². The number of allylic oxidation sites excluding steroid dienone is 2. The van der Waals surface area contributed by atoms with Crippen molar-refractivity contribution in [3.8, 4) is 0 Å². The highest BCUT2D eigenvalue weighted by Gasteiger charge is 2.52. The van der Waals surface area contributed by atoms with E-state index in [1.165, 1.54) is 12.1 Å². The van der Waals surface area contributed by atoms with E-state index >= 15 is 0 Å². The first-order valence-corrected chi connectivity index (χ1v) is 8.13. The highest BCUT2D eigenvalue weighted by atomic mass is 35.5. The van der Waals surface area contributed by atoms with Crippen LogP contribution in [0, 0.1) is 17.3 Å². The lowest BCUT2D eigenvalue weighted by molar-refractivity contribution is -0.178. The number of hydrogen-bond donors (Lipinski definition) is 0. The zero-order valence-corrected chi connectivity index (χ0v) is 14.6. The molecule has 0 aliphatic heterocycles. The van der Waals surface area contributed by atoms with E-state index in [0.29, 0.717) is 0 Å². The van der Waals surface area contributed by atoms with E-state index in [0.717, 1.165) is 6.08 Å². The minimum Gasteiger partial charge on any atom is -0.426 e. The van der Waals surface area contributed by atoms with Crippen LogP contribution in [-0.2, 0) is 9.53 Å². The van der Waals surface area contributed by atoms with Crippen molar-refractivity contribution in [1.82, 2.24) is 0 Å². The first-order chi connectivity index (χ1) is 11.0. The minimum absolute atomic E-state index is 0.240. The van der Waals surface area contributed by atoms with Crippen LogP contribution >= 0.6 is 23.2 Å². The van der Waals surface area contributed by atoms with Crippen molar-refractivity contribution in [1.29, 1.82) is 0 Å². The molecule has 2 rings (SSSR count). The maximum absolute atomic E-state index is 14.0. The normalized spacial score (nSPS) is 24.9. The van der Waals surface area contributed by atoms with Crippen molar-refractivity contribution in [2.24, 2.45) is 17.3 Å². The molecule has 0 radical (unpaired) electrons. The van der Waals surface area contributed by atoms with Crippen molar-refractivity contribution < 1.29 is 22.7 Å². The molecule has 24 heavy (non-hydrogen) atoms. The molecule has 3 atom stereocenters. The van der Waals surface area contributed by atoms with Crippen LogP contribution in [0.5, 0.6) is 0 Å². The molecular formula is C17H17Cl2F3O2. The molecule has 2 nitrogen and oxygen atoms in total. The van der Waals surface area contributed by atoms with Gasteiger partial charge < -0.3 is 4.74 Å². The summed E-state index contributed by atoms with van der Waals surface area (Å²) in [5.74, 6) is -1.68. The van der Waals surface area contributed by atoms with E-state index in [4.69, 9.17) is 27.9 Å². The number of rotatable bonds is 5. The fourth-order valence-corrected chi connectivity index (χ4v) is 2.98. The van der Waals surface area contributed by atoms with Gasteiger partial charge in [-0.25, -0.2) is 0 Å². The molecule has 0 heterocycles. The summed E-state index contributed by atoms with van der Waals surface area (Å²) in [6, 6.07) is 8.02. The number of alkyl halides is 4. The monoisotopic (exact) mass is 380 g/mol. The van der Waals surface area contributed by atoms with Gasteiger partial charge in [0.15, 0.2) is 0 Å². The number of carbonyl (C=O) groups excluding carboxylic acids is 1. The van der Waals surface area contributed by atoms with E-state index in [1.54, 1.807) is 32.0 Å². The van der Waals surface area contributed by atoms with Crippen LogP contribution in [0.4, 0.5) is 13.2 Å². The number of hydrogen-bond acceptors (Lipinski definition) is 2. The Hall–Kier alpha value is -1.20. The Kier molecular flexibility index (Phi) is 5.55. The summed E-state index contributed by atoms with van der Waals surface area (Å²) in [7, 11) is 0. The Bertz CT molecular complexity index is 626. The van der Waals surface area contributed by atoms with Gasteiger partial charge in [0.1, 0.15) is 0 Å². The first-order valence-electron chi connectivity index (χ1n) is 7.37. The van der Waals surface area contributed by atoms with E-state index in [9.17, 15) is 18.0 Å². The number of benzene rings is 1. The van der Waals surface area contributed by atoms with E-state index < -0.39 is 34.1 Å². The van der Waals surface area contributed by atoms with Gasteiger partial charge in [0, 0.05) is 5.56 Å². The lowest BCUT2D eigenvalue weighted by Crippen LogP contribution is -2.49. The average molecular weight is 381 g/mol. The van der Waals surface area contributed by atoms with Crippen molar-refractivity contribution in [3.63, 3.8) is 0 Å². The Labute approximate surface area is 148 Å². The molecule has 0 saturated heterocycles. The molecule has 1 aliphatic rings. The summed E-state index contributed by atoms with van der Waals surface area (Å²) in [6.07, 6.45) is -0.459. The number of esters is 1. The quantitative estimate of drug-likeness (QED) is 0.475. The molecule has 0 spiro atoms. The van der Waals surface area contributed by atoms with Crippen molar-refractivity contribution in [2.45, 2.75) is 32.0 Å². The first kappa shape index (κ1) is 19.1. The molecule has 1 fully saturated rings. The molecule has 0 aromatic heterocycles.